The summed E-state index contributed by atoms with van der Waals surface area (Å²) < 4.78 is 16.3. The Labute approximate surface area is 132 Å². The zero-order valence-corrected chi connectivity index (χ0v) is 13.9. The number of halogens is 2. The molecule has 6 heteroatoms. The van der Waals surface area contributed by atoms with Gasteiger partial charge in [0.25, 0.3) is 0 Å². The van der Waals surface area contributed by atoms with E-state index in [-0.39, 0.29) is 11.9 Å². The van der Waals surface area contributed by atoms with E-state index >= 15 is 0 Å². The summed E-state index contributed by atoms with van der Waals surface area (Å²) in [4.78, 5) is 0. The summed E-state index contributed by atoms with van der Waals surface area (Å²) in [5.41, 5.74) is 1.83. The molecule has 1 aromatic heterocycles. The van der Waals surface area contributed by atoms with E-state index in [1.165, 1.54) is 6.07 Å². The van der Waals surface area contributed by atoms with Crippen molar-refractivity contribution in [3.05, 3.63) is 45.9 Å². The molecule has 1 aromatic carbocycles. The Bertz CT molecular complexity index is 565. The van der Waals surface area contributed by atoms with Crippen LogP contribution in [0, 0.1) is 5.82 Å². The predicted molar refractivity (Wildman–Crippen MR) is 84.5 cm³/mol. The van der Waals surface area contributed by atoms with Crippen LogP contribution in [0.3, 0.4) is 0 Å². The lowest BCUT2D eigenvalue weighted by molar-refractivity contribution is 0.502. The van der Waals surface area contributed by atoms with Crippen molar-refractivity contribution in [1.29, 1.82) is 0 Å². The normalized spacial score (nSPS) is 12.6. The summed E-state index contributed by atoms with van der Waals surface area (Å²) in [6.07, 6.45) is 3.73. The van der Waals surface area contributed by atoms with E-state index < -0.39 is 0 Å². The second-order valence-corrected chi connectivity index (χ2v) is 5.89. The maximum atomic E-state index is 13.7. The highest BCUT2D eigenvalue weighted by Gasteiger charge is 2.19. The van der Waals surface area contributed by atoms with Crippen LogP contribution in [0.2, 0.25) is 0 Å². The Morgan fingerprint density at radius 2 is 2.10 bits per heavy atom. The molecule has 0 aliphatic carbocycles. The van der Waals surface area contributed by atoms with Gasteiger partial charge in [-0.15, -0.1) is 5.10 Å². The zero-order chi connectivity index (χ0) is 15.2. The van der Waals surface area contributed by atoms with Crippen molar-refractivity contribution in [1.82, 2.24) is 20.3 Å². The fourth-order valence-electron chi connectivity index (χ4n) is 2.30. The number of nitrogens with zero attached hydrogens (tertiary/aromatic N) is 3. The van der Waals surface area contributed by atoms with Crippen LogP contribution in [0.15, 0.2) is 28.9 Å². The molecule has 0 aliphatic heterocycles. The number of rotatable bonds is 7. The van der Waals surface area contributed by atoms with Gasteiger partial charge < -0.3 is 5.32 Å². The van der Waals surface area contributed by atoms with Crippen molar-refractivity contribution >= 4 is 15.9 Å². The molecule has 0 radical (unpaired) electrons. The van der Waals surface area contributed by atoms with Gasteiger partial charge in [0.1, 0.15) is 5.82 Å². The van der Waals surface area contributed by atoms with Gasteiger partial charge in [0, 0.05) is 11.0 Å². The van der Waals surface area contributed by atoms with Crippen LogP contribution >= 0.6 is 15.9 Å². The van der Waals surface area contributed by atoms with Crippen molar-refractivity contribution in [2.75, 3.05) is 6.54 Å². The minimum Gasteiger partial charge on any atom is -0.305 e. The van der Waals surface area contributed by atoms with Crippen LogP contribution in [0.4, 0.5) is 4.39 Å². The third-order valence-corrected chi connectivity index (χ3v) is 3.65. The van der Waals surface area contributed by atoms with E-state index in [4.69, 9.17) is 0 Å². The minimum atomic E-state index is -0.253. The van der Waals surface area contributed by atoms with Crippen molar-refractivity contribution in [2.24, 2.45) is 0 Å². The molecule has 2 aromatic rings. The molecule has 0 aliphatic rings. The van der Waals surface area contributed by atoms with Crippen molar-refractivity contribution in [3.63, 3.8) is 0 Å². The number of hydrogen-bond donors (Lipinski definition) is 1. The van der Waals surface area contributed by atoms with Crippen LogP contribution in [0.25, 0.3) is 0 Å². The molecule has 2 rings (SSSR count). The highest BCUT2D eigenvalue weighted by atomic mass is 79.9. The van der Waals surface area contributed by atoms with Gasteiger partial charge in [0.15, 0.2) is 0 Å². The van der Waals surface area contributed by atoms with Gasteiger partial charge in [-0.3, -0.25) is 0 Å². The molecule has 1 unspecified atom stereocenters. The van der Waals surface area contributed by atoms with Crippen LogP contribution < -0.4 is 5.32 Å². The van der Waals surface area contributed by atoms with Gasteiger partial charge in [-0.05, 0) is 43.1 Å². The fraction of sp³-hybridized carbons (Fsp3) is 0.467. The molecular weight excluding hydrogens is 335 g/mol. The van der Waals surface area contributed by atoms with Gasteiger partial charge in [0.2, 0.25) is 0 Å². The Kier molecular flexibility index (Phi) is 5.87. The van der Waals surface area contributed by atoms with Crippen molar-refractivity contribution in [3.8, 4) is 0 Å². The molecular formula is C15H20BrFN4. The quantitative estimate of drug-likeness (QED) is 0.824. The average molecular weight is 355 g/mol. The summed E-state index contributed by atoms with van der Waals surface area (Å²) in [7, 11) is 0. The molecule has 0 saturated heterocycles. The third-order valence-electron chi connectivity index (χ3n) is 3.20. The van der Waals surface area contributed by atoms with E-state index in [0.29, 0.717) is 0 Å². The second-order valence-electron chi connectivity index (χ2n) is 4.97. The van der Waals surface area contributed by atoms with Crippen LogP contribution in [-0.4, -0.2) is 21.5 Å². The minimum absolute atomic E-state index is 0.113. The molecule has 1 atom stereocenters. The number of aromatic nitrogens is 3. The summed E-state index contributed by atoms with van der Waals surface area (Å²) in [5.74, 6) is -0.253. The van der Waals surface area contributed by atoms with Gasteiger partial charge in [-0.2, -0.15) is 0 Å². The molecule has 0 spiro atoms. The van der Waals surface area contributed by atoms with Crippen LogP contribution in [0.5, 0.6) is 0 Å². The first-order valence-corrected chi connectivity index (χ1v) is 8.02. The topological polar surface area (TPSA) is 42.7 Å². The Morgan fingerprint density at radius 1 is 1.29 bits per heavy atom. The highest BCUT2D eigenvalue weighted by molar-refractivity contribution is 9.10. The van der Waals surface area contributed by atoms with E-state index in [9.17, 15) is 4.39 Å². The summed E-state index contributed by atoms with van der Waals surface area (Å²) >= 11 is 3.36. The van der Waals surface area contributed by atoms with E-state index in [0.717, 1.165) is 41.7 Å². The van der Waals surface area contributed by atoms with Crippen LogP contribution in [0.1, 0.15) is 44.0 Å². The summed E-state index contributed by atoms with van der Waals surface area (Å²) in [5, 5.41) is 11.6. The smallest absolute Gasteiger partial charge is 0.124 e. The molecule has 0 saturated carbocycles. The standard InChI is InChI=1S/C15H20BrFN4/c1-3-5-18-15(11-7-12(16)9-13(17)8-11)14-10-19-20-21(14)6-4-2/h7-10,15,18H,3-6H2,1-2H3. The van der Waals surface area contributed by atoms with Gasteiger partial charge in [-0.25, -0.2) is 9.07 Å². The SMILES string of the molecule is CCCNC(c1cc(F)cc(Br)c1)c1cnnn1CCC. The lowest BCUT2D eigenvalue weighted by Crippen LogP contribution is -2.26. The number of nitrogens with one attached hydrogen (secondary N) is 1. The first kappa shape index (κ1) is 16.1. The monoisotopic (exact) mass is 354 g/mol. The van der Waals surface area contributed by atoms with Gasteiger partial charge in [0.05, 0.1) is 17.9 Å². The third kappa shape index (κ3) is 4.11. The summed E-state index contributed by atoms with van der Waals surface area (Å²) in [6, 6.07) is 4.83. The molecule has 114 valence electrons. The first-order valence-electron chi connectivity index (χ1n) is 7.23. The van der Waals surface area contributed by atoms with E-state index in [1.807, 2.05) is 10.7 Å². The van der Waals surface area contributed by atoms with Crippen molar-refractivity contribution < 1.29 is 4.39 Å². The molecule has 0 fully saturated rings. The Balaban J connectivity index is 2.39. The number of aryl methyl sites for hydroxylation is 1. The fourth-order valence-corrected chi connectivity index (χ4v) is 2.78. The van der Waals surface area contributed by atoms with E-state index in [1.54, 1.807) is 12.3 Å². The van der Waals surface area contributed by atoms with Crippen molar-refractivity contribution in [2.45, 2.75) is 39.3 Å². The predicted octanol–water partition coefficient (Wildman–Crippen LogP) is 3.68. The molecule has 1 heterocycles. The summed E-state index contributed by atoms with van der Waals surface area (Å²) in [6.45, 7) is 5.85. The lowest BCUT2D eigenvalue weighted by atomic mass is 10.0. The highest BCUT2D eigenvalue weighted by Crippen LogP contribution is 2.25. The molecule has 21 heavy (non-hydrogen) atoms. The maximum absolute atomic E-state index is 13.7. The molecule has 0 amide bonds. The van der Waals surface area contributed by atoms with Crippen LogP contribution in [-0.2, 0) is 6.54 Å². The second kappa shape index (κ2) is 7.66. The Hall–Kier alpha value is -1.27. The molecule has 4 nitrogen and oxygen atoms in total. The molecule has 1 N–H and O–H groups in total. The molecule has 0 bridgehead atoms. The lowest BCUT2D eigenvalue weighted by Gasteiger charge is -2.20. The first-order chi connectivity index (χ1) is 10.2. The van der Waals surface area contributed by atoms with Gasteiger partial charge in [-0.1, -0.05) is 35.0 Å². The zero-order valence-electron chi connectivity index (χ0n) is 12.3. The van der Waals surface area contributed by atoms with E-state index in [2.05, 4.69) is 45.4 Å². The average Bonchev–Trinajstić information content (AvgIpc) is 2.87. The largest absolute Gasteiger partial charge is 0.305 e. The number of benzene rings is 1. The maximum Gasteiger partial charge on any atom is 0.124 e. The van der Waals surface area contributed by atoms with Gasteiger partial charge >= 0.3 is 0 Å². The number of hydrogen-bond acceptors (Lipinski definition) is 3. The Morgan fingerprint density at radius 3 is 2.76 bits per heavy atom.